The van der Waals surface area contributed by atoms with E-state index < -0.39 is 18.4 Å². The van der Waals surface area contributed by atoms with Gasteiger partial charge in [0.15, 0.2) is 0 Å². The molecular weight excluding hydrogens is 461 g/mol. The summed E-state index contributed by atoms with van der Waals surface area (Å²) >= 11 is -2.03. The first-order valence-electron chi connectivity index (χ1n) is 12.0. The number of hydrogen-bond acceptors (Lipinski definition) is 2. The SMILES string of the molecule is CCC[CH2][Sn]([CH2]/C=C\OCCC=N[C@H](C)c1ccccc1)([CH2]CCC)[CH2]CCC. The van der Waals surface area contributed by atoms with Gasteiger partial charge in [0.1, 0.15) is 0 Å². The van der Waals surface area contributed by atoms with Crippen LogP contribution in [-0.2, 0) is 4.74 Å². The van der Waals surface area contributed by atoms with E-state index in [1.54, 1.807) is 13.3 Å². The van der Waals surface area contributed by atoms with E-state index in [0.717, 1.165) is 13.0 Å². The van der Waals surface area contributed by atoms with E-state index in [-0.39, 0.29) is 6.04 Å². The van der Waals surface area contributed by atoms with Gasteiger partial charge < -0.3 is 0 Å². The summed E-state index contributed by atoms with van der Waals surface area (Å²) in [5, 5.41) is 0. The molecule has 0 unspecified atom stereocenters. The fraction of sp³-hybridized carbons (Fsp3) is 0.654. The molecule has 0 saturated carbocycles. The molecule has 0 saturated heterocycles. The number of rotatable bonds is 17. The van der Waals surface area contributed by atoms with Gasteiger partial charge in [-0.1, -0.05) is 6.07 Å². The monoisotopic (exact) mass is 507 g/mol. The van der Waals surface area contributed by atoms with Gasteiger partial charge in [0.25, 0.3) is 0 Å². The summed E-state index contributed by atoms with van der Waals surface area (Å²) in [6.07, 6.45) is 15.6. The maximum absolute atomic E-state index is 5.79. The van der Waals surface area contributed by atoms with Crippen LogP contribution < -0.4 is 0 Å². The molecule has 0 radical (unpaired) electrons. The summed E-state index contributed by atoms with van der Waals surface area (Å²) in [6.45, 7) is 9.89. The van der Waals surface area contributed by atoms with Crippen LogP contribution in [-0.4, -0.2) is 31.2 Å². The Morgan fingerprint density at radius 1 is 0.931 bits per heavy atom. The Bertz CT molecular complexity index is 533. The molecule has 0 spiro atoms. The third-order valence-electron chi connectivity index (χ3n) is 5.90. The maximum atomic E-state index is 5.79. The van der Waals surface area contributed by atoms with Crippen LogP contribution in [0.1, 0.15) is 84.2 Å². The van der Waals surface area contributed by atoms with Gasteiger partial charge in [-0.05, 0) is 0 Å². The fourth-order valence-electron chi connectivity index (χ4n) is 3.94. The first kappa shape index (κ1) is 26.3. The minimum atomic E-state index is -2.03. The zero-order valence-electron chi connectivity index (χ0n) is 19.5. The number of unbranched alkanes of at least 4 members (excludes halogenated alkanes) is 3. The summed E-state index contributed by atoms with van der Waals surface area (Å²) < 4.78 is 11.9. The van der Waals surface area contributed by atoms with Gasteiger partial charge in [0.2, 0.25) is 0 Å². The number of ether oxygens (including phenoxy) is 1. The minimum absolute atomic E-state index is 0.220. The van der Waals surface area contributed by atoms with Crippen molar-refractivity contribution in [3.8, 4) is 0 Å². The molecule has 29 heavy (non-hydrogen) atoms. The van der Waals surface area contributed by atoms with Crippen LogP contribution >= 0.6 is 0 Å². The van der Waals surface area contributed by atoms with Crippen LogP contribution in [0.5, 0.6) is 0 Å². The number of hydrogen-bond donors (Lipinski definition) is 0. The van der Waals surface area contributed by atoms with Gasteiger partial charge in [-0.25, -0.2) is 0 Å². The predicted octanol–water partition coefficient (Wildman–Crippen LogP) is 8.59. The van der Waals surface area contributed by atoms with Crippen LogP contribution in [0.3, 0.4) is 0 Å². The second-order valence-corrected chi connectivity index (χ2v) is 22.5. The Hall–Kier alpha value is -0.771. The topological polar surface area (TPSA) is 21.6 Å². The second-order valence-electron chi connectivity index (χ2n) is 8.46. The summed E-state index contributed by atoms with van der Waals surface area (Å²) in [5.74, 6) is 0. The molecule has 3 heteroatoms. The first-order valence-corrected chi connectivity index (χ1v) is 20.1. The quantitative estimate of drug-likeness (QED) is 0.0898. The van der Waals surface area contributed by atoms with Crippen molar-refractivity contribution in [2.45, 2.75) is 96.4 Å². The van der Waals surface area contributed by atoms with Crippen molar-refractivity contribution in [3.05, 3.63) is 48.2 Å². The van der Waals surface area contributed by atoms with E-state index in [9.17, 15) is 0 Å². The average molecular weight is 506 g/mol. The zero-order valence-corrected chi connectivity index (χ0v) is 22.4. The van der Waals surface area contributed by atoms with E-state index >= 15 is 0 Å². The standard InChI is InChI=1S/C14H18NO.3C4H9.Sn/c1-3-11-16-12-7-10-15-13(2)14-8-5-4-6-9-14;3*1-3-4-2;/h3-6,8-11,13H,1,7,12H2,2H3;3*1,3-4H2,2H3;/b11-3-,15-10?;;;;/t13-;;;;/m1..../s1. The van der Waals surface area contributed by atoms with Crippen molar-refractivity contribution in [2.75, 3.05) is 6.61 Å². The van der Waals surface area contributed by atoms with Crippen molar-refractivity contribution in [1.29, 1.82) is 0 Å². The van der Waals surface area contributed by atoms with Crippen LogP contribution in [0.4, 0.5) is 0 Å². The molecule has 1 aromatic carbocycles. The van der Waals surface area contributed by atoms with Crippen LogP contribution in [0.25, 0.3) is 0 Å². The van der Waals surface area contributed by atoms with E-state index in [2.05, 4.69) is 63.0 Å². The molecule has 1 rings (SSSR count). The molecule has 164 valence electrons. The van der Waals surface area contributed by atoms with Gasteiger partial charge in [-0.2, -0.15) is 0 Å². The molecule has 0 bridgehead atoms. The molecule has 0 aliphatic carbocycles. The molecule has 2 nitrogen and oxygen atoms in total. The molecule has 0 aromatic heterocycles. The molecule has 1 aromatic rings. The average Bonchev–Trinajstić information content (AvgIpc) is 2.76. The Morgan fingerprint density at radius 3 is 2.07 bits per heavy atom. The summed E-state index contributed by atoms with van der Waals surface area (Å²) in [4.78, 5) is 4.63. The summed E-state index contributed by atoms with van der Waals surface area (Å²) in [5.41, 5.74) is 1.26. The van der Waals surface area contributed by atoms with E-state index in [1.807, 2.05) is 18.5 Å². The number of nitrogens with zero attached hydrogens (tertiary/aromatic N) is 1. The third-order valence-corrected chi connectivity index (χ3v) is 21.2. The van der Waals surface area contributed by atoms with Crippen molar-refractivity contribution in [2.24, 2.45) is 4.99 Å². The van der Waals surface area contributed by atoms with Crippen LogP contribution in [0.15, 0.2) is 47.7 Å². The van der Waals surface area contributed by atoms with Gasteiger partial charge in [0, 0.05) is 0 Å². The van der Waals surface area contributed by atoms with E-state index in [1.165, 1.54) is 48.5 Å². The zero-order chi connectivity index (χ0) is 21.2. The molecule has 0 fully saturated rings. The van der Waals surface area contributed by atoms with Crippen LogP contribution in [0, 0.1) is 0 Å². The molecule has 0 heterocycles. The Balaban J connectivity index is 2.41. The van der Waals surface area contributed by atoms with Gasteiger partial charge in [-0.3, -0.25) is 0 Å². The van der Waals surface area contributed by atoms with Crippen molar-refractivity contribution in [1.82, 2.24) is 0 Å². The van der Waals surface area contributed by atoms with Crippen molar-refractivity contribution >= 4 is 24.6 Å². The molecule has 0 N–H and O–H groups in total. The molecule has 0 amide bonds. The fourth-order valence-corrected chi connectivity index (χ4v) is 19.0. The van der Waals surface area contributed by atoms with Crippen LogP contribution in [0.2, 0.25) is 17.7 Å². The Labute approximate surface area is 185 Å². The third kappa shape index (κ3) is 11.9. The Kier molecular flexibility index (Phi) is 15.4. The molecular formula is C26H45NOSn. The summed E-state index contributed by atoms with van der Waals surface area (Å²) in [7, 11) is 0. The van der Waals surface area contributed by atoms with Gasteiger partial charge in [0.05, 0.1) is 0 Å². The second kappa shape index (κ2) is 17.0. The van der Waals surface area contributed by atoms with Gasteiger partial charge in [-0.15, -0.1) is 0 Å². The molecule has 1 atom stereocenters. The predicted molar refractivity (Wildman–Crippen MR) is 133 cm³/mol. The number of allylic oxidation sites excluding steroid dienone is 1. The number of aliphatic imine (C=N–C) groups is 1. The summed E-state index contributed by atoms with van der Waals surface area (Å²) in [6, 6.07) is 10.7. The molecule has 0 aliphatic heterocycles. The first-order chi connectivity index (χ1) is 14.2. The Morgan fingerprint density at radius 2 is 1.52 bits per heavy atom. The molecule has 0 aliphatic rings. The van der Waals surface area contributed by atoms with Crippen molar-refractivity contribution < 1.29 is 4.74 Å². The van der Waals surface area contributed by atoms with Crippen molar-refractivity contribution in [3.63, 3.8) is 0 Å². The van der Waals surface area contributed by atoms with E-state index in [0.29, 0.717) is 0 Å². The van der Waals surface area contributed by atoms with Gasteiger partial charge >= 0.3 is 180 Å². The normalized spacial score (nSPS) is 13.4. The number of benzene rings is 1. The van der Waals surface area contributed by atoms with E-state index in [4.69, 9.17) is 4.74 Å².